The number of rotatable bonds is 16. The van der Waals surface area contributed by atoms with Crippen LogP contribution < -0.4 is 37.2 Å². The first-order valence-electron chi connectivity index (χ1n) is 27.1. The van der Waals surface area contributed by atoms with Crippen LogP contribution in [0.25, 0.3) is 0 Å². The van der Waals surface area contributed by atoms with Gasteiger partial charge in [-0.05, 0) is 164 Å². The van der Waals surface area contributed by atoms with Gasteiger partial charge in [-0.2, -0.15) is 0 Å². The predicted molar refractivity (Wildman–Crippen MR) is 272 cm³/mol. The van der Waals surface area contributed by atoms with Gasteiger partial charge in [-0.25, -0.2) is 0 Å². The molecule has 8 atom stereocenters. The molecule has 0 bridgehead atoms. The molecule has 2 aliphatic heterocycles. The van der Waals surface area contributed by atoms with Gasteiger partial charge in [0, 0.05) is 24.3 Å². The summed E-state index contributed by atoms with van der Waals surface area (Å²) in [6.07, 6.45) is 16.6. The average Bonchev–Trinajstić information content (AvgIpc) is 4.11. The van der Waals surface area contributed by atoms with Gasteiger partial charge in [-0.3, -0.25) is 33.6 Å². The first-order chi connectivity index (χ1) is 34.4. The molecular formula is C55H79N9O7. The van der Waals surface area contributed by atoms with Crippen molar-refractivity contribution in [2.24, 2.45) is 11.8 Å². The van der Waals surface area contributed by atoms with Gasteiger partial charge in [0.2, 0.25) is 35.4 Å². The topological polar surface area (TPSA) is 210 Å². The highest BCUT2D eigenvalue weighted by molar-refractivity contribution is 6.06. The van der Waals surface area contributed by atoms with Gasteiger partial charge < -0.3 is 47.0 Å². The number of anilines is 1. The van der Waals surface area contributed by atoms with Gasteiger partial charge >= 0.3 is 0 Å². The van der Waals surface area contributed by atoms with Gasteiger partial charge in [-0.15, -0.1) is 0 Å². The molecule has 2 aromatic carbocycles. The van der Waals surface area contributed by atoms with Gasteiger partial charge in [0.15, 0.2) is 0 Å². The minimum atomic E-state index is -0.678. The molecule has 16 heteroatoms. The number of nitrogens with zero attached hydrogens (tertiary/aromatic N) is 2. The van der Waals surface area contributed by atoms with Crippen LogP contribution in [0.5, 0.6) is 0 Å². The Labute approximate surface area is 420 Å². The molecule has 386 valence electrons. The standard InChI is InChI=1S/C55H79N9O7/c1-33(56-3)49(65)61-47(35-17-7-5-8-18-35)54(70)63-31-15-29-45(63)52(68)59-42-26-12-21-37-38(42)22-11-25-41(37)51(67)58-43-27-13-24-40-39(43)23-14-28-44(40)60-53(69)46-30-16-32-64(46)55(71)48(36-19-9-6-10-20-36)62-50(66)34(2)57-4/h11,13,22,24-25,27,33-36,42,44-48,56-57H,5-10,12,14-21,23,26,28-32H2,1-4H3,(H,58,67)(H,59,68)(H,60,69)(H,61,65)(H,62,66)/t33?,34?,42-,44?,45?,46?,47?,48?/m1/s1. The molecule has 2 aromatic rings. The maximum absolute atomic E-state index is 14.4. The third-order valence-electron chi connectivity index (χ3n) is 16.8. The van der Waals surface area contributed by atoms with E-state index >= 15 is 0 Å². The Morgan fingerprint density at radius 3 is 1.45 bits per heavy atom. The number of carbonyl (C=O) groups is 7. The number of hydrogen-bond donors (Lipinski definition) is 7. The molecule has 0 aromatic heterocycles. The molecule has 0 spiro atoms. The van der Waals surface area contributed by atoms with E-state index in [1.54, 1.807) is 37.7 Å². The fourth-order valence-electron chi connectivity index (χ4n) is 12.5. The fourth-order valence-corrected chi connectivity index (χ4v) is 12.5. The van der Waals surface area contributed by atoms with Gasteiger partial charge in [0.25, 0.3) is 5.91 Å². The summed E-state index contributed by atoms with van der Waals surface area (Å²) in [4.78, 5) is 101. The Balaban J connectivity index is 0.930. The zero-order valence-electron chi connectivity index (χ0n) is 42.5. The molecule has 2 saturated carbocycles. The maximum Gasteiger partial charge on any atom is 0.255 e. The van der Waals surface area contributed by atoms with Crippen molar-refractivity contribution in [3.05, 3.63) is 64.2 Å². The molecule has 4 aliphatic carbocycles. The summed E-state index contributed by atoms with van der Waals surface area (Å²) in [5.41, 5.74) is 4.96. The van der Waals surface area contributed by atoms with E-state index in [0.29, 0.717) is 62.9 Å². The molecule has 7 unspecified atom stereocenters. The van der Waals surface area contributed by atoms with Crippen molar-refractivity contribution in [1.29, 1.82) is 0 Å². The van der Waals surface area contributed by atoms with E-state index in [0.717, 1.165) is 112 Å². The highest BCUT2D eigenvalue weighted by Gasteiger charge is 2.44. The van der Waals surface area contributed by atoms with Crippen molar-refractivity contribution < 1.29 is 33.6 Å². The first kappa shape index (κ1) is 52.0. The Morgan fingerprint density at radius 2 is 0.972 bits per heavy atom. The van der Waals surface area contributed by atoms with E-state index in [1.165, 1.54) is 0 Å². The van der Waals surface area contributed by atoms with Crippen LogP contribution >= 0.6 is 0 Å². The summed E-state index contributed by atoms with van der Waals surface area (Å²) < 4.78 is 0. The lowest BCUT2D eigenvalue weighted by atomic mass is 9.83. The van der Waals surface area contributed by atoms with Crippen LogP contribution in [0.3, 0.4) is 0 Å². The van der Waals surface area contributed by atoms with Crippen molar-refractivity contribution in [3.63, 3.8) is 0 Å². The number of fused-ring (bicyclic) bond motifs is 2. The molecule has 8 rings (SSSR count). The van der Waals surface area contributed by atoms with Crippen molar-refractivity contribution in [3.8, 4) is 0 Å². The zero-order valence-corrected chi connectivity index (χ0v) is 42.5. The first-order valence-corrected chi connectivity index (χ1v) is 27.1. The largest absolute Gasteiger partial charge is 0.347 e. The van der Waals surface area contributed by atoms with E-state index in [-0.39, 0.29) is 65.3 Å². The Hall–Kier alpha value is -5.35. The van der Waals surface area contributed by atoms with Gasteiger partial charge in [0.1, 0.15) is 24.2 Å². The average molecular weight is 978 g/mol. The van der Waals surface area contributed by atoms with Crippen molar-refractivity contribution in [1.82, 2.24) is 41.7 Å². The summed E-state index contributed by atoms with van der Waals surface area (Å²) in [6, 6.07) is 7.34. The van der Waals surface area contributed by atoms with Crippen LogP contribution in [-0.2, 0) is 41.6 Å². The third kappa shape index (κ3) is 11.8. The number of likely N-dealkylation sites (N-methyl/N-ethyl adjacent to an activating group) is 2. The molecule has 16 nitrogen and oxygen atoms in total. The van der Waals surface area contributed by atoms with Crippen LogP contribution in [0.2, 0.25) is 0 Å². The normalized spacial score (nSPS) is 24.3. The summed E-state index contributed by atoms with van der Waals surface area (Å²) in [6.45, 7) is 4.47. The van der Waals surface area contributed by atoms with Gasteiger partial charge in [0.05, 0.1) is 24.2 Å². The molecule has 0 radical (unpaired) electrons. The van der Waals surface area contributed by atoms with Crippen LogP contribution in [0.1, 0.15) is 174 Å². The van der Waals surface area contributed by atoms with Crippen molar-refractivity contribution in [2.45, 2.75) is 191 Å². The Morgan fingerprint density at radius 1 is 0.521 bits per heavy atom. The van der Waals surface area contributed by atoms with E-state index < -0.39 is 36.3 Å². The zero-order chi connectivity index (χ0) is 50.2. The third-order valence-corrected chi connectivity index (χ3v) is 16.8. The second-order valence-electron chi connectivity index (χ2n) is 21.3. The van der Waals surface area contributed by atoms with Crippen LogP contribution in [0.4, 0.5) is 5.69 Å². The van der Waals surface area contributed by atoms with Crippen molar-refractivity contribution in [2.75, 3.05) is 32.5 Å². The summed E-state index contributed by atoms with van der Waals surface area (Å²) in [5.74, 6) is -1.39. The van der Waals surface area contributed by atoms with Crippen molar-refractivity contribution >= 4 is 47.0 Å². The fraction of sp³-hybridized carbons (Fsp3) is 0.655. The second kappa shape index (κ2) is 23.9. The van der Waals surface area contributed by atoms with Crippen LogP contribution in [0, 0.1) is 11.8 Å². The van der Waals surface area contributed by atoms with E-state index in [2.05, 4.69) is 37.2 Å². The molecule has 7 N–H and O–H groups in total. The Kier molecular flexibility index (Phi) is 17.5. The van der Waals surface area contributed by atoms with Gasteiger partial charge in [-0.1, -0.05) is 62.8 Å². The molecule has 4 fully saturated rings. The molecule has 7 amide bonds. The van der Waals surface area contributed by atoms with Crippen LogP contribution in [0.15, 0.2) is 36.4 Å². The molecule has 2 saturated heterocycles. The van der Waals surface area contributed by atoms with E-state index in [4.69, 9.17) is 0 Å². The molecule has 2 heterocycles. The highest BCUT2D eigenvalue weighted by Crippen LogP contribution is 2.38. The minimum absolute atomic E-state index is 0.0262. The number of hydrogen-bond acceptors (Lipinski definition) is 9. The number of benzene rings is 2. The maximum atomic E-state index is 14.4. The summed E-state index contributed by atoms with van der Waals surface area (Å²) in [5, 5.41) is 21.9. The quantitative estimate of drug-likeness (QED) is 0.117. The summed E-state index contributed by atoms with van der Waals surface area (Å²) in [7, 11) is 3.44. The minimum Gasteiger partial charge on any atom is -0.347 e. The SMILES string of the molecule is CNC(C)C(=O)NC(C(=O)N1CCCC1C(=O)NC1CCCc2c(NC(=O)c3cccc4c3CCC[C@H]4NC(=O)C3CCCN3C(=O)C(NC(=O)C(C)NC)C3CCCCC3)cccc21)C1CCCCC1. The van der Waals surface area contributed by atoms with E-state index in [9.17, 15) is 33.6 Å². The Bertz CT molecular complexity index is 2280. The monoisotopic (exact) mass is 978 g/mol. The molecule has 71 heavy (non-hydrogen) atoms. The number of carbonyl (C=O) groups excluding carboxylic acids is 7. The summed E-state index contributed by atoms with van der Waals surface area (Å²) >= 11 is 0. The second-order valence-corrected chi connectivity index (χ2v) is 21.3. The lowest BCUT2D eigenvalue weighted by Crippen LogP contribution is -2.58. The molecular weight excluding hydrogens is 899 g/mol. The number of amides is 7. The molecule has 6 aliphatic rings. The van der Waals surface area contributed by atoms with E-state index in [1.807, 2.05) is 36.4 Å². The number of nitrogens with one attached hydrogen (secondary N) is 7. The lowest BCUT2D eigenvalue weighted by molar-refractivity contribution is -0.143. The predicted octanol–water partition coefficient (Wildman–Crippen LogP) is 5.25. The lowest BCUT2D eigenvalue weighted by Gasteiger charge is -2.36. The van der Waals surface area contributed by atoms with Crippen LogP contribution in [-0.4, -0.2) is 115 Å². The number of likely N-dealkylation sites (tertiary alicyclic amines) is 2. The smallest absolute Gasteiger partial charge is 0.255 e. The highest BCUT2D eigenvalue weighted by atomic mass is 16.2.